The Balaban J connectivity index is 2.15. The van der Waals surface area contributed by atoms with Crippen LogP contribution in [0, 0.1) is 0 Å². The summed E-state index contributed by atoms with van der Waals surface area (Å²) < 4.78 is 7.29. The predicted molar refractivity (Wildman–Crippen MR) is 83.4 cm³/mol. The maximum atomic E-state index is 5.10. The summed E-state index contributed by atoms with van der Waals surface area (Å²) in [5, 5.41) is 3.58. The number of nitrogens with one attached hydrogen (secondary N) is 1. The molecule has 0 aromatic carbocycles. The van der Waals surface area contributed by atoms with Crippen LogP contribution in [0.3, 0.4) is 0 Å². The molecular weight excluding hydrogens is 264 g/mol. The molecule has 2 aromatic rings. The fraction of sp³-hybridized carbons (Fsp3) is 0.500. The summed E-state index contributed by atoms with van der Waals surface area (Å²) in [5.74, 6) is 1.73. The highest BCUT2D eigenvalue weighted by Gasteiger charge is 2.16. The normalized spacial score (nSPS) is 12.3. The van der Waals surface area contributed by atoms with Crippen LogP contribution in [0.1, 0.15) is 37.7 Å². The first kappa shape index (κ1) is 15.5. The van der Waals surface area contributed by atoms with Gasteiger partial charge in [0.1, 0.15) is 5.82 Å². The van der Waals surface area contributed by atoms with Crippen molar-refractivity contribution in [2.45, 2.75) is 39.3 Å². The van der Waals surface area contributed by atoms with Gasteiger partial charge < -0.3 is 14.6 Å². The smallest absolute Gasteiger partial charge is 0.212 e. The van der Waals surface area contributed by atoms with Crippen molar-refractivity contribution < 1.29 is 4.74 Å². The van der Waals surface area contributed by atoms with E-state index in [0.29, 0.717) is 5.88 Å². The molecule has 0 radical (unpaired) electrons. The van der Waals surface area contributed by atoms with Gasteiger partial charge in [-0.15, -0.1) is 0 Å². The lowest BCUT2D eigenvalue weighted by molar-refractivity contribution is 0.397. The molecule has 1 atom stereocenters. The van der Waals surface area contributed by atoms with E-state index in [1.54, 1.807) is 7.11 Å². The van der Waals surface area contributed by atoms with E-state index in [0.717, 1.165) is 31.8 Å². The maximum absolute atomic E-state index is 5.10. The van der Waals surface area contributed by atoms with Crippen molar-refractivity contribution in [3.05, 3.63) is 42.1 Å². The minimum absolute atomic E-state index is 0.204. The molecule has 114 valence electrons. The molecular formula is C16H24N4O. The van der Waals surface area contributed by atoms with Gasteiger partial charge in [0.05, 0.1) is 13.2 Å². The Hall–Kier alpha value is -1.88. The molecule has 0 aliphatic carbocycles. The Labute approximate surface area is 126 Å². The zero-order valence-corrected chi connectivity index (χ0v) is 13.0. The summed E-state index contributed by atoms with van der Waals surface area (Å²) in [5.41, 5.74) is 1.18. The van der Waals surface area contributed by atoms with E-state index in [1.807, 2.05) is 24.7 Å². The topological polar surface area (TPSA) is 52.0 Å². The van der Waals surface area contributed by atoms with Crippen LogP contribution in [0.2, 0.25) is 0 Å². The zero-order chi connectivity index (χ0) is 15.1. The molecule has 5 nitrogen and oxygen atoms in total. The van der Waals surface area contributed by atoms with Gasteiger partial charge in [-0.25, -0.2) is 9.97 Å². The average Bonchev–Trinajstić information content (AvgIpc) is 3.00. The Kier molecular flexibility index (Phi) is 5.75. The van der Waals surface area contributed by atoms with Crippen LogP contribution < -0.4 is 10.1 Å². The van der Waals surface area contributed by atoms with Crippen LogP contribution in [0.15, 0.2) is 30.7 Å². The second-order valence-corrected chi connectivity index (χ2v) is 4.99. The Morgan fingerprint density at radius 2 is 2.14 bits per heavy atom. The number of ether oxygens (including phenoxy) is 1. The Bertz CT molecular complexity index is 535. The first-order valence-electron chi connectivity index (χ1n) is 7.51. The third-order valence-corrected chi connectivity index (χ3v) is 3.49. The molecule has 0 saturated heterocycles. The van der Waals surface area contributed by atoms with Crippen molar-refractivity contribution in [1.82, 2.24) is 19.9 Å². The number of hydrogen-bond acceptors (Lipinski definition) is 4. The summed E-state index contributed by atoms with van der Waals surface area (Å²) >= 11 is 0. The molecule has 0 saturated carbocycles. The lowest BCUT2D eigenvalue weighted by atomic mass is 10.1. The van der Waals surface area contributed by atoms with Crippen LogP contribution in [0.4, 0.5) is 0 Å². The van der Waals surface area contributed by atoms with Crippen molar-refractivity contribution >= 4 is 0 Å². The number of aryl methyl sites for hydroxylation is 1. The molecule has 2 rings (SSSR count). The molecule has 0 aliphatic heterocycles. The van der Waals surface area contributed by atoms with Gasteiger partial charge in [-0.3, -0.25) is 0 Å². The minimum atomic E-state index is 0.204. The quantitative estimate of drug-likeness (QED) is 0.811. The summed E-state index contributed by atoms with van der Waals surface area (Å²) in [6.45, 7) is 6.22. The molecule has 1 unspecified atom stereocenters. The van der Waals surface area contributed by atoms with Crippen LogP contribution in [-0.4, -0.2) is 28.2 Å². The molecule has 0 spiro atoms. The molecule has 0 fully saturated rings. The van der Waals surface area contributed by atoms with E-state index in [2.05, 4.69) is 39.8 Å². The fourth-order valence-corrected chi connectivity index (χ4v) is 2.36. The number of imidazole rings is 1. The second kappa shape index (κ2) is 7.78. The lowest BCUT2D eigenvalue weighted by Gasteiger charge is -2.19. The predicted octanol–water partition coefficient (Wildman–Crippen LogP) is 2.59. The molecule has 0 bridgehead atoms. The number of nitrogens with zero attached hydrogens (tertiary/aromatic N) is 3. The van der Waals surface area contributed by atoms with Gasteiger partial charge in [0.25, 0.3) is 0 Å². The van der Waals surface area contributed by atoms with Crippen LogP contribution in [0.25, 0.3) is 0 Å². The van der Waals surface area contributed by atoms with Crippen molar-refractivity contribution in [2.24, 2.45) is 0 Å². The average molecular weight is 288 g/mol. The second-order valence-electron chi connectivity index (χ2n) is 4.99. The molecule has 21 heavy (non-hydrogen) atoms. The van der Waals surface area contributed by atoms with E-state index in [-0.39, 0.29) is 6.04 Å². The van der Waals surface area contributed by atoms with Crippen LogP contribution in [-0.2, 0) is 13.0 Å². The van der Waals surface area contributed by atoms with Crippen molar-refractivity contribution in [3.63, 3.8) is 0 Å². The number of methoxy groups -OCH3 is 1. The van der Waals surface area contributed by atoms with E-state index in [4.69, 9.17) is 4.74 Å². The van der Waals surface area contributed by atoms with Gasteiger partial charge in [-0.1, -0.05) is 13.0 Å². The number of aromatic nitrogens is 3. The monoisotopic (exact) mass is 288 g/mol. The first-order valence-corrected chi connectivity index (χ1v) is 7.51. The molecule has 5 heteroatoms. The van der Waals surface area contributed by atoms with Gasteiger partial charge in [-0.2, -0.15) is 0 Å². The molecule has 2 heterocycles. The summed E-state index contributed by atoms with van der Waals surface area (Å²) in [6.07, 6.45) is 7.74. The zero-order valence-electron chi connectivity index (χ0n) is 13.0. The highest BCUT2D eigenvalue weighted by Crippen LogP contribution is 2.18. The third kappa shape index (κ3) is 4.04. The minimum Gasteiger partial charge on any atom is -0.481 e. The van der Waals surface area contributed by atoms with Gasteiger partial charge in [0, 0.05) is 31.2 Å². The summed E-state index contributed by atoms with van der Waals surface area (Å²) in [7, 11) is 1.63. The molecule has 0 aliphatic rings. The van der Waals surface area contributed by atoms with E-state index in [9.17, 15) is 0 Å². The number of pyridine rings is 1. The van der Waals surface area contributed by atoms with Gasteiger partial charge >= 0.3 is 0 Å². The van der Waals surface area contributed by atoms with Crippen LogP contribution in [0.5, 0.6) is 5.88 Å². The SMILES string of the molecule is CCCNC(Cc1ccc(OC)nc1)c1nccn1CC. The van der Waals surface area contributed by atoms with Gasteiger partial charge in [0.15, 0.2) is 0 Å². The maximum Gasteiger partial charge on any atom is 0.212 e. The van der Waals surface area contributed by atoms with E-state index >= 15 is 0 Å². The number of rotatable bonds is 8. The lowest BCUT2D eigenvalue weighted by Crippen LogP contribution is -2.27. The molecule has 2 aromatic heterocycles. The standard InChI is InChI=1S/C16H24N4O/c1-4-8-17-14(16-18-9-10-20(16)5-2)11-13-6-7-15(21-3)19-12-13/h6-7,9-10,12,14,17H,4-5,8,11H2,1-3H3. The highest BCUT2D eigenvalue weighted by molar-refractivity contribution is 5.19. The van der Waals surface area contributed by atoms with Crippen molar-refractivity contribution in [3.8, 4) is 5.88 Å². The van der Waals surface area contributed by atoms with Crippen molar-refractivity contribution in [1.29, 1.82) is 0 Å². The fourth-order valence-electron chi connectivity index (χ4n) is 2.36. The Morgan fingerprint density at radius 1 is 1.29 bits per heavy atom. The van der Waals surface area contributed by atoms with Crippen molar-refractivity contribution in [2.75, 3.05) is 13.7 Å². The van der Waals surface area contributed by atoms with Gasteiger partial charge in [-0.05, 0) is 31.9 Å². The van der Waals surface area contributed by atoms with E-state index < -0.39 is 0 Å². The summed E-state index contributed by atoms with van der Waals surface area (Å²) in [6, 6.07) is 4.17. The molecule has 0 amide bonds. The highest BCUT2D eigenvalue weighted by atomic mass is 16.5. The largest absolute Gasteiger partial charge is 0.481 e. The van der Waals surface area contributed by atoms with E-state index in [1.165, 1.54) is 5.56 Å². The third-order valence-electron chi connectivity index (χ3n) is 3.49. The number of hydrogen-bond donors (Lipinski definition) is 1. The summed E-state index contributed by atoms with van der Waals surface area (Å²) in [4.78, 5) is 8.80. The molecule has 1 N–H and O–H groups in total. The van der Waals surface area contributed by atoms with Crippen LogP contribution >= 0.6 is 0 Å². The van der Waals surface area contributed by atoms with Gasteiger partial charge in [0.2, 0.25) is 5.88 Å². The first-order chi connectivity index (χ1) is 10.3. The Morgan fingerprint density at radius 3 is 2.76 bits per heavy atom.